The van der Waals surface area contributed by atoms with Crippen LogP contribution >= 0.6 is 11.8 Å². The quantitative estimate of drug-likeness (QED) is 0.787. The van der Waals surface area contributed by atoms with Crippen LogP contribution in [0.25, 0.3) is 0 Å². The summed E-state index contributed by atoms with van der Waals surface area (Å²) in [7, 11) is 0. The molecule has 2 atom stereocenters. The number of thioether (sulfide) groups is 1. The number of nitrogens with one attached hydrogen (secondary N) is 2. The van der Waals surface area contributed by atoms with E-state index in [0.29, 0.717) is 12.1 Å². The van der Waals surface area contributed by atoms with Gasteiger partial charge in [-0.15, -0.1) is 0 Å². The molecule has 5 heteroatoms. The maximum absolute atomic E-state index is 11.7. The molecule has 2 unspecified atom stereocenters. The van der Waals surface area contributed by atoms with E-state index in [1.54, 1.807) is 0 Å². The maximum Gasteiger partial charge on any atom is 0.315 e. The maximum atomic E-state index is 11.7. The first-order chi connectivity index (χ1) is 8.26. The van der Waals surface area contributed by atoms with Crippen molar-refractivity contribution in [3.05, 3.63) is 0 Å². The van der Waals surface area contributed by atoms with E-state index < -0.39 is 0 Å². The molecule has 0 aromatic heterocycles. The van der Waals surface area contributed by atoms with Crippen molar-refractivity contribution in [2.45, 2.75) is 49.8 Å². The van der Waals surface area contributed by atoms with Gasteiger partial charge in [0.25, 0.3) is 0 Å². The van der Waals surface area contributed by atoms with Crippen LogP contribution in [0.4, 0.5) is 4.79 Å². The minimum atomic E-state index is 0.0141. The molecule has 3 rings (SSSR count). The van der Waals surface area contributed by atoms with Crippen LogP contribution in [0.2, 0.25) is 0 Å². The number of carbonyl (C=O) groups is 1. The zero-order chi connectivity index (χ0) is 11.7. The summed E-state index contributed by atoms with van der Waals surface area (Å²) >= 11 is 1.97. The molecule has 96 valence electrons. The second kappa shape index (κ2) is 4.69. The van der Waals surface area contributed by atoms with Crippen molar-refractivity contribution < 1.29 is 9.53 Å². The van der Waals surface area contributed by atoms with Gasteiger partial charge < -0.3 is 15.4 Å². The lowest BCUT2D eigenvalue weighted by Crippen LogP contribution is -2.51. The first-order valence-electron chi connectivity index (χ1n) is 6.55. The number of amides is 2. The van der Waals surface area contributed by atoms with Gasteiger partial charge in [-0.05, 0) is 37.9 Å². The lowest BCUT2D eigenvalue weighted by atomic mass is 9.90. The predicted octanol–water partition coefficient (Wildman–Crippen LogP) is 1.50. The van der Waals surface area contributed by atoms with Crippen LogP contribution in [0, 0.1) is 0 Å². The Morgan fingerprint density at radius 2 is 2.06 bits per heavy atom. The van der Waals surface area contributed by atoms with Crippen molar-refractivity contribution in [1.82, 2.24) is 10.6 Å². The summed E-state index contributed by atoms with van der Waals surface area (Å²) in [6.07, 6.45) is 5.35. The van der Waals surface area contributed by atoms with E-state index >= 15 is 0 Å². The SMILES string of the molecule is O=C(NC1CC1)NC1CCOC2(CCSC2)C1. The molecule has 2 N–H and O–H groups in total. The summed E-state index contributed by atoms with van der Waals surface area (Å²) in [4.78, 5) is 11.7. The van der Waals surface area contributed by atoms with Gasteiger partial charge in [-0.3, -0.25) is 0 Å². The molecular formula is C12H20N2O2S. The van der Waals surface area contributed by atoms with Gasteiger partial charge in [0, 0.05) is 24.4 Å². The van der Waals surface area contributed by atoms with E-state index in [1.807, 2.05) is 11.8 Å². The third kappa shape index (κ3) is 2.88. The zero-order valence-electron chi connectivity index (χ0n) is 10.0. The Morgan fingerprint density at radius 3 is 2.76 bits per heavy atom. The zero-order valence-corrected chi connectivity index (χ0v) is 10.9. The van der Waals surface area contributed by atoms with Crippen LogP contribution in [-0.4, -0.2) is 41.8 Å². The molecule has 17 heavy (non-hydrogen) atoms. The van der Waals surface area contributed by atoms with Crippen LogP contribution in [-0.2, 0) is 4.74 Å². The number of urea groups is 1. The normalized spacial score (nSPS) is 37.1. The van der Waals surface area contributed by atoms with E-state index in [1.165, 1.54) is 5.75 Å². The molecule has 2 aliphatic heterocycles. The molecule has 1 spiro atoms. The molecule has 0 aromatic rings. The van der Waals surface area contributed by atoms with Crippen LogP contribution in [0.5, 0.6) is 0 Å². The number of rotatable bonds is 2. The molecule has 1 aliphatic carbocycles. The fourth-order valence-corrected chi connectivity index (χ4v) is 4.03. The molecular weight excluding hydrogens is 236 g/mol. The highest BCUT2D eigenvalue weighted by Gasteiger charge is 2.41. The van der Waals surface area contributed by atoms with E-state index in [0.717, 1.165) is 44.5 Å². The fraction of sp³-hybridized carbons (Fsp3) is 0.917. The fourth-order valence-electron chi connectivity index (χ4n) is 2.65. The lowest BCUT2D eigenvalue weighted by molar-refractivity contribution is -0.0684. The van der Waals surface area contributed by atoms with Crippen molar-refractivity contribution >= 4 is 17.8 Å². The molecule has 0 aromatic carbocycles. The van der Waals surface area contributed by atoms with Crippen LogP contribution in [0.3, 0.4) is 0 Å². The Morgan fingerprint density at radius 1 is 1.24 bits per heavy atom. The van der Waals surface area contributed by atoms with Gasteiger partial charge in [-0.1, -0.05) is 0 Å². The molecule has 3 aliphatic rings. The van der Waals surface area contributed by atoms with Crippen LogP contribution < -0.4 is 10.6 Å². The number of carbonyl (C=O) groups excluding carboxylic acids is 1. The summed E-state index contributed by atoms with van der Waals surface area (Å²) in [6.45, 7) is 0.787. The molecule has 2 amide bonds. The first kappa shape index (κ1) is 11.7. The summed E-state index contributed by atoms with van der Waals surface area (Å²) in [6, 6.07) is 0.743. The van der Waals surface area contributed by atoms with E-state index in [4.69, 9.17) is 4.74 Å². The number of hydrogen-bond acceptors (Lipinski definition) is 3. The lowest BCUT2D eigenvalue weighted by Gasteiger charge is -2.37. The first-order valence-corrected chi connectivity index (χ1v) is 7.70. The highest BCUT2D eigenvalue weighted by molar-refractivity contribution is 7.99. The summed E-state index contributed by atoms with van der Waals surface area (Å²) in [5.41, 5.74) is 0.0560. The van der Waals surface area contributed by atoms with Crippen molar-refractivity contribution in [1.29, 1.82) is 0 Å². The molecule has 0 bridgehead atoms. The number of ether oxygens (including phenoxy) is 1. The summed E-state index contributed by atoms with van der Waals surface area (Å²) in [5.74, 6) is 2.29. The minimum absolute atomic E-state index is 0.0141. The average molecular weight is 256 g/mol. The van der Waals surface area contributed by atoms with Crippen LogP contribution in [0.1, 0.15) is 32.1 Å². The van der Waals surface area contributed by atoms with Crippen molar-refractivity contribution in [2.24, 2.45) is 0 Å². The van der Waals surface area contributed by atoms with E-state index in [2.05, 4.69) is 10.6 Å². The van der Waals surface area contributed by atoms with Gasteiger partial charge in [0.2, 0.25) is 0 Å². The largest absolute Gasteiger partial charge is 0.374 e. The summed E-state index contributed by atoms with van der Waals surface area (Å²) < 4.78 is 5.94. The van der Waals surface area contributed by atoms with E-state index in [9.17, 15) is 4.79 Å². The standard InChI is InChI=1S/C12H20N2O2S/c15-11(13-9-1-2-9)14-10-3-5-16-12(7-10)4-6-17-8-12/h9-10H,1-8H2,(H2,13,14,15). The average Bonchev–Trinajstić information content (AvgIpc) is 2.99. The van der Waals surface area contributed by atoms with Gasteiger partial charge >= 0.3 is 6.03 Å². The topological polar surface area (TPSA) is 50.4 Å². The van der Waals surface area contributed by atoms with Gasteiger partial charge in [-0.25, -0.2) is 4.79 Å². The third-order valence-electron chi connectivity index (χ3n) is 3.81. The van der Waals surface area contributed by atoms with Crippen molar-refractivity contribution in [2.75, 3.05) is 18.1 Å². The predicted molar refractivity (Wildman–Crippen MR) is 68.3 cm³/mol. The molecule has 2 heterocycles. The second-order valence-electron chi connectivity index (χ2n) is 5.42. The molecule has 3 fully saturated rings. The highest BCUT2D eigenvalue weighted by Crippen LogP contribution is 2.38. The Balaban J connectivity index is 1.50. The van der Waals surface area contributed by atoms with Gasteiger partial charge in [0.1, 0.15) is 0 Å². The molecule has 2 saturated heterocycles. The smallest absolute Gasteiger partial charge is 0.315 e. The van der Waals surface area contributed by atoms with Crippen molar-refractivity contribution in [3.63, 3.8) is 0 Å². The summed E-state index contributed by atoms with van der Waals surface area (Å²) in [5, 5.41) is 6.09. The van der Waals surface area contributed by atoms with Gasteiger partial charge in [-0.2, -0.15) is 11.8 Å². The molecule has 4 nitrogen and oxygen atoms in total. The van der Waals surface area contributed by atoms with Crippen LogP contribution in [0.15, 0.2) is 0 Å². The minimum Gasteiger partial charge on any atom is -0.374 e. The Kier molecular flexibility index (Phi) is 3.21. The Bertz CT molecular complexity index is 301. The Labute approximate surface area is 106 Å². The highest BCUT2D eigenvalue weighted by atomic mass is 32.2. The van der Waals surface area contributed by atoms with Gasteiger partial charge in [0.05, 0.1) is 5.60 Å². The monoisotopic (exact) mass is 256 g/mol. The third-order valence-corrected chi connectivity index (χ3v) is 5.03. The Hall–Kier alpha value is -0.420. The molecule has 0 radical (unpaired) electrons. The van der Waals surface area contributed by atoms with E-state index in [-0.39, 0.29) is 11.6 Å². The molecule has 1 saturated carbocycles. The number of hydrogen-bond donors (Lipinski definition) is 2. The van der Waals surface area contributed by atoms with Gasteiger partial charge in [0.15, 0.2) is 0 Å². The second-order valence-corrected chi connectivity index (χ2v) is 6.52. The van der Waals surface area contributed by atoms with Crippen molar-refractivity contribution in [3.8, 4) is 0 Å².